The number of nitrogens with zero attached hydrogens (tertiary/aromatic N) is 2. The smallest absolute Gasteiger partial charge is 0.355 e. The number of rotatable bonds is 9. The van der Waals surface area contributed by atoms with E-state index in [0.717, 1.165) is 40.0 Å². The van der Waals surface area contributed by atoms with Crippen molar-refractivity contribution in [3.63, 3.8) is 0 Å². The Balaban J connectivity index is 1.28. The first kappa shape index (κ1) is 26.5. The second-order valence-corrected chi connectivity index (χ2v) is 10.1. The summed E-state index contributed by atoms with van der Waals surface area (Å²) in [5.41, 5.74) is 5.69. The predicted octanol–water partition coefficient (Wildman–Crippen LogP) is 6.60. The van der Waals surface area contributed by atoms with Crippen LogP contribution in [0.2, 0.25) is 0 Å². The number of fused-ring (bicyclic) bond motifs is 1. The molecule has 1 fully saturated rings. The van der Waals surface area contributed by atoms with Gasteiger partial charge in [-0.25, -0.2) is 4.98 Å². The van der Waals surface area contributed by atoms with E-state index < -0.39 is 24.9 Å². The standard InChI is InChI=1S/C30H29F3N4O2/c1-19(29(39)34-17-20-5-6-20)21-7-9-22(10-8-21)23-11-12-27-26(15-23)35-18-37(27)25-4-2-3-24(16-25)36-28(38)13-14-30(31,32)33/h2-4,7-12,15-16,18-20H,5-6,13-14,17H2,1H3,(H,34,39)(H,36,38). The number of hydrogen-bond acceptors (Lipinski definition) is 3. The van der Waals surface area contributed by atoms with Crippen LogP contribution in [0.5, 0.6) is 0 Å². The molecule has 4 aromatic rings. The fraction of sp³-hybridized carbons (Fsp3) is 0.300. The summed E-state index contributed by atoms with van der Waals surface area (Å²) in [6.07, 6.45) is -2.10. The van der Waals surface area contributed by atoms with Crippen LogP contribution in [-0.4, -0.2) is 34.1 Å². The molecule has 39 heavy (non-hydrogen) atoms. The van der Waals surface area contributed by atoms with Crippen molar-refractivity contribution >= 4 is 28.5 Å². The molecule has 0 saturated heterocycles. The highest BCUT2D eigenvalue weighted by Gasteiger charge is 2.28. The molecule has 0 spiro atoms. The highest BCUT2D eigenvalue weighted by Crippen LogP contribution is 2.29. The van der Waals surface area contributed by atoms with E-state index in [2.05, 4.69) is 15.6 Å². The quantitative estimate of drug-likeness (QED) is 0.254. The number of halogens is 3. The van der Waals surface area contributed by atoms with Crippen molar-refractivity contribution < 1.29 is 22.8 Å². The monoisotopic (exact) mass is 534 g/mol. The minimum absolute atomic E-state index is 0.0477. The van der Waals surface area contributed by atoms with Crippen molar-refractivity contribution in [1.82, 2.24) is 14.9 Å². The Labute approximate surface area is 224 Å². The van der Waals surface area contributed by atoms with Crippen molar-refractivity contribution in [1.29, 1.82) is 0 Å². The number of imidazole rings is 1. The molecule has 6 nitrogen and oxygen atoms in total. The first-order chi connectivity index (χ1) is 18.7. The van der Waals surface area contributed by atoms with Crippen LogP contribution in [0, 0.1) is 5.92 Å². The maximum atomic E-state index is 12.5. The summed E-state index contributed by atoms with van der Waals surface area (Å²) in [5, 5.41) is 5.57. The van der Waals surface area contributed by atoms with E-state index >= 15 is 0 Å². The molecule has 1 saturated carbocycles. The Morgan fingerprint density at radius 2 is 1.77 bits per heavy atom. The highest BCUT2D eigenvalue weighted by molar-refractivity contribution is 5.91. The van der Waals surface area contributed by atoms with Gasteiger partial charge in [0.15, 0.2) is 0 Å². The van der Waals surface area contributed by atoms with E-state index in [-0.39, 0.29) is 11.8 Å². The molecule has 202 valence electrons. The summed E-state index contributed by atoms with van der Waals surface area (Å²) in [6.45, 7) is 2.67. The van der Waals surface area contributed by atoms with Gasteiger partial charge in [-0.2, -0.15) is 13.2 Å². The second-order valence-electron chi connectivity index (χ2n) is 10.1. The molecule has 5 rings (SSSR count). The van der Waals surface area contributed by atoms with E-state index in [1.165, 1.54) is 12.8 Å². The van der Waals surface area contributed by atoms with Crippen LogP contribution in [0.15, 0.2) is 73.1 Å². The van der Waals surface area contributed by atoms with Gasteiger partial charge in [0, 0.05) is 24.3 Å². The maximum absolute atomic E-state index is 12.5. The lowest BCUT2D eigenvalue weighted by atomic mass is 9.96. The first-order valence-corrected chi connectivity index (χ1v) is 13.0. The van der Waals surface area contributed by atoms with Crippen LogP contribution in [0.4, 0.5) is 18.9 Å². The van der Waals surface area contributed by atoms with Crippen molar-refractivity contribution in [2.24, 2.45) is 5.92 Å². The van der Waals surface area contributed by atoms with Gasteiger partial charge in [0.25, 0.3) is 0 Å². The third-order valence-corrected chi connectivity index (χ3v) is 6.99. The Hall–Kier alpha value is -4.14. The Kier molecular flexibility index (Phi) is 7.41. The summed E-state index contributed by atoms with van der Waals surface area (Å²) in [6, 6.07) is 20.8. The number of hydrogen-bond donors (Lipinski definition) is 2. The fourth-order valence-corrected chi connectivity index (χ4v) is 4.45. The van der Waals surface area contributed by atoms with E-state index in [4.69, 9.17) is 0 Å². The molecule has 1 aliphatic carbocycles. The molecular formula is C30H29F3N4O2. The lowest BCUT2D eigenvalue weighted by Crippen LogP contribution is -2.29. The summed E-state index contributed by atoms with van der Waals surface area (Å²) < 4.78 is 39.1. The van der Waals surface area contributed by atoms with Gasteiger partial charge >= 0.3 is 6.18 Å². The molecule has 2 N–H and O–H groups in total. The van der Waals surface area contributed by atoms with E-state index in [1.54, 1.807) is 24.5 Å². The predicted molar refractivity (Wildman–Crippen MR) is 145 cm³/mol. The van der Waals surface area contributed by atoms with Gasteiger partial charge in [-0.15, -0.1) is 0 Å². The lowest BCUT2D eigenvalue weighted by Gasteiger charge is -2.13. The summed E-state index contributed by atoms with van der Waals surface area (Å²) in [7, 11) is 0. The van der Waals surface area contributed by atoms with Gasteiger partial charge in [-0.05, 0) is 72.7 Å². The number of anilines is 1. The normalized spacial score (nSPS) is 14.3. The number of benzene rings is 3. The van der Waals surface area contributed by atoms with Gasteiger partial charge < -0.3 is 10.6 Å². The average molecular weight is 535 g/mol. The van der Waals surface area contributed by atoms with Gasteiger partial charge in [-0.3, -0.25) is 14.2 Å². The maximum Gasteiger partial charge on any atom is 0.389 e. The number of nitrogens with one attached hydrogen (secondary N) is 2. The molecule has 1 aliphatic rings. The summed E-state index contributed by atoms with van der Waals surface area (Å²) in [4.78, 5) is 28.9. The first-order valence-electron chi connectivity index (χ1n) is 13.0. The number of carbonyl (C=O) groups excluding carboxylic acids is 2. The third-order valence-electron chi connectivity index (χ3n) is 6.99. The molecule has 1 atom stereocenters. The molecule has 0 aliphatic heterocycles. The van der Waals surface area contributed by atoms with Gasteiger partial charge in [0.1, 0.15) is 6.33 Å². The molecule has 3 aromatic carbocycles. The van der Waals surface area contributed by atoms with Crippen LogP contribution in [-0.2, 0) is 9.59 Å². The third kappa shape index (κ3) is 6.66. The van der Waals surface area contributed by atoms with Crippen molar-refractivity contribution in [3.8, 4) is 16.8 Å². The lowest BCUT2D eigenvalue weighted by molar-refractivity contribution is -0.142. The topological polar surface area (TPSA) is 76.0 Å². The highest BCUT2D eigenvalue weighted by atomic mass is 19.4. The van der Waals surface area contributed by atoms with Crippen LogP contribution in [0.1, 0.15) is 44.1 Å². The summed E-state index contributed by atoms with van der Waals surface area (Å²) in [5.74, 6) is -0.222. The zero-order valence-electron chi connectivity index (χ0n) is 21.5. The summed E-state index contributed by atoms with van der Waals surface area (Å²) >= 11 is 0. The SMILES string of the molecule is CC(C(=O)NCC1CC1)c1ccc(-c2ccc3c(c2)ncn3-c2cccc(NC(=O)CCC(F)(F)F)c2)cc1. The molecule has 0 radical (unpaired) electrons. The second kappa shape index (κ2) is 10.9. The van der Waals surface area contributed by atoms with Crippen molar-refractivity contribution in [3.05, 3.63) is 78.6 Å². The largest absolute Gasteiger partial charge is 0.389 e. The van der Waals surface area contributed by atoms with Crippen molar-refractivity contribution in [2.75, 3.05) is 11.9 Å². The zero-order valence-corrected chi connectivity index (χ0v) is 21.5. The number of aromatic nitrogens is 2. The zero-order chi connectivity index (χ0) is 27.6. The van der Waals surface area contributed by atoms with Gasteiger partial charge in [0.2, 0.25) is 11.8 Å². The fourth-order valence-electron chi connectivity index (χ4n) is 4.45. The number of alkyl halides is 3. The molecule has 9 heteroatoms. The van der Waals surface area contributed by atoms with E-state index in [9.17, 15) is 22.8 Å². The van der Waals surface area contributed by atoms with Gasteiger partial charge in [0.05, 0.1) is 23.4 Å². The Morgan fingerprint density at radius 1 is 1.03 bits per heavy atom. The number of amides is 2. The van der Waals surface area contributed by atoms with Crippen LogP contribution in [0.3, 0.4) is 0 Å². The van der Waals surface area contributed by atoms with E-state index in [1.807, 2.05) is 60.0 Å². The number of carbonyl (C=O) groups is 2. The van der Waals surface area contributed by atoms with Crippen molar-refractivity contribution in [2.45, 2.75) is 44.7 Å². The van der Waals surface area contributed by atoms with Crippen LogP contribution < -0.4 is 10.6 Å². The molecule has 1 aromatic heterocycles. The molecule has 2 amide bonds. The Morgan fingerprint density at radius 3 is 2.49 bits per heavy atom. The van der Waals surface area contributed by atoms with Crippen LogP contribution in [0.25, 0.3) is 27.8 Å². The van der Waals surface area contributed by atoms with Crippen LogP contribution >= 0.6 is 0 Å². The molecule has 0 bridgehead atoms. The minimum Gasteiger partial charge on any atom is -0.355 e. The average Bonchev–Trinajstić information content (AvgIpc) is 3.66. The minimum atomic E-state index is -4.38. The molecule has 1 heterocycles. The molecule has 1 unspecified atom stereocenters. The molecular weight excluding hydrogens is 505 g/mol. The van der Waals surface area contributed by atoms with Gasteiger partial charge in [-0.1, -0.05) is 36.4 Å². The van der Waals surface area contributed by atoms with E-state index in [0.29, 0.717) is 11.6 Å². The Bertz CT molecular complexity index is 1490.